The van der Waals surface area contributed by atoms with Crippen LogP contribution < -0.4 is 10.6 Å². The van der Waals surface area contributed by atoms with E-state index in [-0.39, 0.29) is 5.91 Å². The number of nitrogens with one attached hydrogen (secondary N) is 2. The van der Waals surface area contributed by atoms with Crippen molar-refractivity contribution in [1.82, 2.24) is 5.32 Å². The summed E-state index contributed by atoms with van der Waals surface area (Å²) in [6, 6.07) is 6.66. The van der Waals surface area contributed by atoms with Gasteiger partial charge in [0.15, 0.2) is 0 Å². The third kappa shape index (κ3) is 4.47. The van der Waals surface area contributed by atoms with Crippen molar-refractivity contribution in [2.45, 2.75) is 70.6 Å². The van der Waals surface area contributed by atoms with Crippen molar-refractivity contribution in [3.05, 3.63) is 29.3 Å². The molecule has 4 heteroatoms. The summed E-state index contributed by atoms with van der Waals surface area (Å²) in [6.07, 6.45) is 6.35. The van der Waals surface area contributed by atoms with Gasteiger partial charge in [-0.25, -0.2) is 0 Å². The van der Waals surface area contributed by atoms with Gasteiger partial charge in [0.05, 0.1) is 18.6 Å². The highest BCUT2D eigenvalue weighted by molar-refractivity contribution is 5.79. The van der Waals surface area contributed by atoms with Crippen molar-refractivity contribution in [2.75, 3.05) is 11.9 Å². The minimum atomic E-state index is 0.135. The van der Waals surface area contributed by atoms with Crippen molar-refractivity contribution < 1.29 is 9.53 Å². The van der Waals surface area contributed by atoms with E-state index < -0.39 is 0 Å². The Bertz CT molecular complexity index is 548. The molecule has 126 valence electrons. The average molecular weight is 316 g/mol. The van der Waals surface area contributed by atoms with Gasteiger partial charge in [-0.05, 0) is 63.1 Å². The summed E-state index contributed by atoms with van der Waals surface area (Å²) < 4.78 is 5.86. The van der Waals surface area contributed by atoms with E-state index in [1.807, 2.05) is 0 Å². The molecule has 1 heterocycles. The van der Waals surface area contributed by atoms with Gasteiger partial charge in [0.2, 0.25) is 5.91 Å². The Morgan fingerprint density at radius 2 is 2.09 bits per heavy atom. The summed E-state index contributed by atoms with van der Waals surface area (Å²) in [5.74, 6) is 0.135. The molecule has 1 aliphatic carbocycles. The van der Waals surface area contributed by atoms with Crippen LogP contribution in [-0.4, -0.2) is 30.7 Å². The first-order valence-corrected chi connectivity index (χ1v) is 8.90. The topological polar surface area (TPSA) is 50.4 Å². The normalized spacial score (nSPS) is 23.4. The van der Waals surface area contributed by atoms with Crippen molar-refractivity contribution in [2.24, 2.45) is 0 Å². The Morgan fingerprint density at radius 3 is 2.83 bits per heavy atom. The molecular formula is C19H28N2O2. The standard InChI is InChI=1S/C19H28N2O2/c1-13(2)23-17-7-5-16(6-8-17)21-19(22)12-14-3-4-15-9-10-20-18(15)11-14/h3-4,11,13,16-17,20H,5-10,12H2,1-2H3,(H,21,22). The molecule has 3 rings (SSSR count). The second-order valence-corrected chi connectivity index (χ2v) is 7.07. The Labute approximate surface area is 139 Å². The summed E-state index contributed by atoms with van der Waals surface area (Å²) in [6.45, 7) is 5.17. The third-order valence-corrected chi connectivity index (χ3v) is 4.75. The monoisotopic (exact) mass is 316 g/mol. The highest BCUT2D eigenvalue weighted by atomic mass is 16.5. The van der Waals surface area contributed by atoms with Gasteiger partial charge in [-0.3, -0.25) is 4.79 Å². The number of anilines is 1. The summed E-state index contributed by atoms with van der Waals surface area (Å²) in [7, 11) is 0. The minimum absolute atomic E-state index is 0.135. The van der Waals surface area contributed by atoms with E-state index in [0.717, 1.165) is 44.2 Å². The van der Waals surface area contributed by atoms with Gasteiger partial charge in [-0.15, -0.1) is 0 Å². The van der Waals surface area contributed by atoms with Crippen LogP contribution in [0.3, 0.4) is 0 Å². The molecule has 0 radical (unpaired) electrons. The predicted molar refractivity (Wildman–Crippen MR) is 92.7 cm³/mol. The van der Waals surface area contributed by atoms with E-state index in [1.165, 1.54) is 11.3 Å². The van der Waals surface area contributed by atoms with Crippen LogP contribution in [0, 0.1) is 0 Å². The van der Waals surface area contributed by atoms with Crippen molar-refractivity contribution >= 4 is 11.6 Å². The van der Waals surface area contributed by atoms with Gasteiger partial charge in [0.1, 0.15) is 0 Å². The van der Waals surface area contributed by atoms with Crippen molar-refractivity contribution in [3.8, 4) is 0 Å². The lowest BCUT2D eigenvalue weighted by Crippen LogP contribution is -2.40. The fourth-order valence-corrected chi connectivity index (χ4v) is 3.64. The predicted octanol–water partition coefficient (Wildman–Crippen LogP) is 3.05. The lowest BCUT2D eigenvalue weighted by Gasteiger charge is -2.30. The molecule has 1 aromatic rings. The number of fused-ring (bicyclic) bond motifs is 1. The maximum atomic E-state index is 12.3. The third-order valence-electron chi connectivity index (χ3n) is 4.75. The number of rotatable bonds is 5. The molecule has 1 aliphatic heterocycles. The largest absolute Gasteiger partial charge is 0.384 e. The summed E-state index contributed by atoms with van der Waals surface area (Å²) in [4.78, 5) is 12.3. The summed E-state index contributed by atoms with van der Waals surface area (Å²) in [5.41, 5.74) is 3.65. The van der Waals surface area contributed by atoms with Gasteiger partial charge >= 0.3 is 0 Å². The van der Waals surface area contributed by atoms with E-state index in [0.29, 0.717) is 24.7 Å². The first-order chi connectivity index (χ1) is 11.1. The van der Waals surface area contributed by atoms with E-state index in [2.05, 4.69) is 42.7 Å². The van der Waals surface area contributed by atoms with Crippen LogP contribution in [0.1, 0.15) is 50.7 Å². The first kappa shape index (κ1) is 16.3. The molecule has 1 saturated carbocycles. The molecule has 1 aromatic carbocycles. The van der Waals surface area contributed by atoms with Gasteiger partial charge < -0.3 is 15.4 Å². The van der Waals surface area contributed by atoms with Crippen LogP contribution in [0.2, 0.25) is 0 Å². The SMILES string of the molecule is CC(C)OC1CCC(NC(=O)Cc2ccc3c(c2)NCC3)CC1. The van der Waals surface area contributed by atoms with Crippen LogP contribution in [0.15, 0.2) is 18.2 Å². The number of ether oxygens (including phenoxy) is 1. The smallest absolute Gasteiger partial charge is 0.224 e. The number of amides is 1. The first-order valence-electron chi connectivity index (χ1n) is 8.90. The molecule has 0 unspecified atom stereocenters. The molecule has 23 heavy (non-hydrogen) atoms. The van der Waals surface area contributed by atoms with E-state index in [4.69, 9.17) is 4.74 Å². The Morgan fingerprint density at radius 1 is 1.30 bits per heavy atom. The summed E-state index contributed by atoms with van der Waals surface area (Å²) in [5, 5.41) is 6.56. The zero-order valence-electron chi connectivity index (χ0n) is 14.2. The molecule has 0 aromatic heterocycles. The quantitative estimate of drug-likeness (QED) is 0.878. The number of hydrogen-bond donors (Lipinski definition) is 2. The minimum Gasteiger partial charge on any atom is -0.384 e. The van der Waals surface area contributed by atoms with Gasteiger partial charge in [0, 0.05) is 18.3 Å². The van der Waals surface area contributed by atoms with Crippen LogP contribution in [0.4, 0.5) is 5.69 Å². The molecule has 1 amide bonds. The second-order valence-electron chi connectivity index (χ2n) is 7.07. The van der Waals surface area contributed by atoms with Crippen LogP contribution in [0.5, 0.6) is 0 Å². The molecule has 0 saturated heterocycles. The molecule has 2 N–H and O–H groups in total. The number of hydrogen-bond acceptors (Lipinski definition) is 3. The lowest BCUT2D eigenvalue weighted by atomic mass is 9.92. The molecule has 4 nitrogen and oxygen atoms in total. The Hall–Kier alpha value is -1.55. The molecule has 0 atom stereocenters. The zero-order chi connectivity index (χ0) is 16.2. The maximum Gasteiger partial charge on any atom is 0.224 e. The molecule has 2 aliphatic rings. The van der Waals surface area contributed by atoms with E-state index in [9.17, 15) is 4.79 Å². The van der Waals surface area contributed by atoms with Crippen molar-refractivity contribution in [1.29, 1.82) is 0 Å². The number of carbonyl (C=O) groups is 1. The van der Waals surface area contributed by atoms with Crippen LogP contribution >= 0.6 is 0 Å². The van der Waals surface area contributed by atoms with Gasteiger partial charge in [-0.2, -0.15) is 0 Å². The van der Waals surface area contributed by atoms with E-state index in [1.54, 1.807) is 0 Å². The fourth-order valence-electron chi connectivity index (χ4n) is 3.64. The number of carbonyl (C=O) groups excluding carboxylic acids is 1. The highest BCUT2D eigenvalue weighted by Gasteiger charge is 2.23. The van der Waals surface area contributed by atoms with Gasteiger partial charge in [-0.1, -0.05) is 12.1 Å². The Kier molecular flexibility index (Phi) is 5.21. The second kappa shape index (κ2) is 7.35. The van der Waals surface area contributed by atoms with Crippen LogP contribution in [-0.2, 0) is 22.4 Å². The van der Waals surface area contributed by atoms with E-state index >= 15 is 0 Å². The van der Waals surface area contributed by atoms with Crippen LogP contribution in [0.25, 0.3) is 0 Å². The lowest BCUT2D eigenvalue weighted by molar-refractivity contribution is -0.121. The van der Waals surface area contributed by atoms with Crippen molar-refractivity contribution in [3.63, 3.8) is 0 Å². The average Bonchev–Trinajstić information content (AvgIpc) is 2.96. The zero-order valence-corrected chi connectivity index (χ0v) is 14.2. The Balaban J connectivity index is 1.45. The number of benzene rings is 1. The van der Waals surface area contributed by atoms with Gasteiger partial charge in [0.25, 0.3) is 0 Å². The molecule has 0 bridgehead atoms. The molecule has 0 spiro atoms. The maximum absolute atomic E-state index is 12.3. The summed E-state index contributed by atoms with van der Waals surface area (Å²) >= 11 is 0. The highest BCUT2D eigenvalue weighted by Crippen LogP contribution is 2.24. The fraction of sp³-hybridized carbons (Fsp3) is 0.632. The molecular weight excluding hydrogens is 288 g/mol. The molecule has 1 fully saturated rings.